The second kappa shape index (κ2) is 2.80. The van der Waals surface area contributed by atoms with Gasteiger partial charge in [-0.2, -0.15) is 4.68 Å². The van der Waals surface area contributed by atoms with E-state index >= 15 is 0 Å². The van der Waals surface area contributed by atoms with Crippen LogP contribution >= 0.6 is 0 Å². The summed E-state index contributed by atoms with van der Waals surface area (Å²) in [5.74, 6) is 0. The topological polar surface area (TPSA) is 51.9 Å². The van der Waals surface area contributed by atoms with Gasteiger partial charge in [-0.3, -0.25) is 10.1 Å². The molecule has 0 N–H and O–H groups in total. The number of hydrogen-bond acceptors (Lipinski definition) is 2. The molecule has 5 heteroatoms. The van der Waals surface area contributed by atoms with Crippen molar-refractivity contribution in [2.75, 3.05) is 0 Å². The Morgan fingerprint density at radius 3 is 2.86 bits per heavy atom. The molecule has 0 saturated heterocycles. The molecule has 2 rings (SSSR count). The number of aromatic nitrogens is 2. The molecule has 2 aromatic rings. The van der Waals surface area contributed by atoms with Gasteiger partial charge >= 0.3 is 0 Å². The van der Waals surface area contributed by atoms with Crippen LogP contribution in [0.1, 0.15) is 0 Å². The highest BCUT2D eigenvalue weighted by molar-refractivity contribution is 5.79. The lowest BCUT2D eigenvalue weighted by atomic mass is 10.2. The Balaban J connectivity index is 2.73. The van der Waals surface area contributed by atoms with E-state index in [1.165, 1.54) is 6.07 Å². The monoisotopic (exact) mass is 192 g/mol. The van der Waals surface area contributed by atoms with Gasteiger partial charge in [0.1, 0.15) is 5.52 Å². The third-order valence-electron chi connectivity index (χ3n) is 2.37. The van der Waals surface area contributed by atoms with Crippen molar-refractivity contribution in [2.45, 2.75) is 0 Å². The van der Waals surface area contributed by atoms with Crippen LogP contribution in [-0.4, -0.2) is 9.61 Å². The summed E-state index contributed by atoms with van der Waals surface area (Å²) in [6.07, 6.45) is 1.86. The molecule has 14 heavy (non-hydrogen) atoms. The van der Waals surface area contributed by atoms with Crippen LogP contribution in [0.5, 0.6) is 0 Å². The minimum absolute atomic E-state index is 0.128. The van der Waals surface area contributed by atoms with Gasteiger partial charge in [0.2, 0.25) is 6.20 Å². The highest BCUT2D eigenvalue weighted by Gasteiger charge is 2.12. The fraction of sp³-hybridized carbons (Fsp3) is 0.222. The molecule has 1 aromatic heterocycles. The average molecular weight is 192 g/mol. The zero-order valence-corrected chi connectivity index (χ0v) is 7.97. The van der Waals surface area contributed by atoms with Crippen molar-refractivity contribution in [3.05, 3.63) is 34.5 Å². The number of nitro groups is 1. The van der Waals surface area contributed by atoms with Crippen molar-refractivity contribution in [1.82, 2.24) is 4.68 Å². The molecule has 0 aliphatic heterocycles. The van der Waals surface area contributed by atoms with Crippen LogP contribution in [0.2, 0.25) is 0 Å². The van der Waals surface area contributed by atoms with Crippen LogP contribution in [0.4, 0.5) is 5.69 Å². The standard InChI is InChI=1S/C9H10N3O2/c1-10-6-7-5-8(12(13)14)3-4-9(7)11(10)2/h3-6H,1-2H3/q+1. The largest absolute Gasteiger partial charge is 0.270 e. The molecule has 0 aliphatic rings. The zero-order valence-electron chi connectivity index (χ0n) is 7.97. The number of benzene rings is 1. The molecule has 0 aliphatic carbocycles. The molecule has 0 unspecified atom stereocenters. The van der Waals surface area contributed by atoms with E-state index in [0.717, 1.165) is 10.9 Å². The summed E-state index contributed by atoms with van der Waals surface area (Å²) in [6.45, 7) is 0. The van der Waals surface area contributed by atoms with Crippen molar-refractivity contribution >= 4 is 16.6 Å². The van der Waals surface area contributed by atoms with Gasteiger partial charge in [-0.1, -0.05) is 0 Å². The quantitative estimate of drug-likeness (QED) is 0.383. The molecule has 0 spiro atoms. The lowest BCUT2D eigenvalue weighted by Gasteiger charge is -1.91. The lowest BCUT2D eigenvalue weighted by molar-refractivity contribution is -0.748. The summed E-state index contributed by atoms with van der Waals surface area (Å²) >= 11 is 0. The predicted octanol–water partition coefficient (Wildman–Crippen LogP) is 0.911. The predicted molar refractivity (Wildman–Crippen MR) is 50.7 cm³/mol. The summed E-state index contributed by atoms with van der Waals surface area (Å²) in [7, 11) is 3.81. The van der Waals surface area contributed by atoms with Gasteiger partial charge in [0, 0.05) is 12.1 Å². The van der Waals surface area contributed by atoms with E-state index in [2.05, 4.69) is 0 Å². The van der Waals surface area contributed by atoms with Crippen LogP contribution in [0.3, 0.4) is 0 Å². The summed E-state index contributed by atoms with van der Waals surface area (Å²) < 4.78 is 3.81. The Labute approximate surface area is 80.3 Å². The number of rotatable bonds is 1. The summed E-state index contributed by atoms with van der Waals surface area (Å²) in [4.78, 5) is 10.1. The molecule has 0 amide bonds. The molecule has 0 atom stereocenters. The van der Waals surface area contributed by atoms with E-state index < -0.39 is 0 Å². The number of fused-ring (bicyclic) bond motifs is 1. The average Bonchev–Trinajstić information content (AvgIpc) is 2.42. The van der Waals surface area contributed by atoms with E-state index in [-0.39, 0.29) is 10.6 Å². The van der Waals surface area contributed by atoms with Gasteiger partial charge < -0.3 is 0 Å². The van der Waals surface area contributed by atoms with E-state index in [1.807, 2.05) is 29.7 Å². The molecule has 1 aromatic carbocycles. The molecule has 0 saturated carbocycles. The maximum absolute atomic E-state index is 10.5. The number of hydrogen-bond donors (Lipinski definition) is 0. The number of nitrogens with zero attached hydrogens (tertiary/aromatic N) is 3. The molecule has 5 nitrogen and oxygen atoms in total. The van der Waals surface area contributed by atoms with E-state index in [1.54, 1.807) is 12.1 Å². The lowest BCUT2D eigenvalue weighted by Crippen LogP contribution is -2.35. The van der Waals surface area contributed by atoms with Crippen LogP contribution in [0, 0.1) is 10.1 Å². The third kappa shape index (κ3) is 1.14. The van der Waals surface area contributed by atoms with Crippen molar-refractivity contribution < 1.29 is 9.61 Å². The first kappa shape index (κ1) is 8.68. The summed E-state index contributed by atoms with van der Waals surface area (Å²) in [5.41, 5.74) is 1.11. The fourth-order valence-electron chi connectivity index (χ4n) is 1.51. The third-order valence-corrected chi connectivity index (χ3v) is 2.37. The van der Waals surface area contributed by atoms with Crippen LogP contribution in [-0.2, 0) is 14.1 Å². The second-order valence-corrected chi connectivity index (χ2v) is 3.23. The molecule has 72 valence electrons. The maximum atomic E-state index is 10.5. The van der Waals surface area contributed by atoms with Gasteiger partial charge in [0.15, 0.2) is 7.05 Å². The Bertz CT molecular complexity index is 516. The van der Waals surface area contributed by atoms with Gasteiger partial charge in [-0.25, -0.2) is 0 Å². The van der Waals surface area contributed by atoms with Gasteiger partial charge in [-0.05, 0) is 6.07 Å². The highest BCUT2D eigenvalue weighted by atomic mass is 16.6. The normalized spacial score (nSPS) is 10.7. The van der Waals surface area contributed by atoms with E-state index in [4.69, 9.17) is 0 Å². The maximum Gasteiger partial charge on any atom is 0.270 e. The first-order valence-electron chi connectivity index (χ1n) is 4.19. The summed E-state index contributed by atoms with van der Waals surface area (Å²) in [5, 5.41) is 11.4. The Morgan fingerprint density at radius 2 is 2.21 bits per heavy atom. The van der Waals surface area contributed by atoms with Crippen molar-refractivity contribution in [2.24, 2.45) is 14.1 Å². The van der Waals surface area contributed by atoms with Crippen molar-refractivity contribution in [3.63, 3.8) is 0 Å². The first-order valence-corrected chi connectivity index (χ1v) is 4.19. The SMILES string of the molecule is Cn1c2ccc([N+](=O)[O-])cc2c[n+]1C. The Morgan fingerprint density at radius 1 is 1.50 bits per heavy atom. The molecular weight excluding hydrogens is 182 g/mol. The zero-order chi connectivity index (χ0) is 10.3. The molecule has 0 fully saturated rings. The van der Waals surface area contributed by atoms with E-state index in [9.17, 15) is 10.1 Å². The smallest absolute Gasteiger partial charge is 0.258 e. The molecular formula is C9H10N3O2+. The van der Waals surface area contributed by atoms with Crippen molar-refractivity contribution in [3.8, 4) is 0 Å². The molecule has 1 heterocycles. The highest BCUT2D eigenvalue weighted by Crippen LogP contribution is 2.18. The fourth-order valence-corrected chi connectivity index (χ4v) is 1.51. The first-order chi connectivity index (χ1) is 6.59. The minimum Gasteiger partial charge on any atom is -0.258 e. The van der Waals surface area contributed by atoms with Crippen molar-refractivity contribution in [1.29, 1.82) is 0 Å². The Kier molecular flexibility index (Phi) is 1.73. The number of aryl methyl sites for hydroxylation is 2. The second-order valence-electron chi connectivity index (χ2n) is 3.23. The van der Waals surface area contributed by atoms with Crippen LogP contribution in [0.25, 0.3) is 10.9 Å². The number of non-ortho nitro benzene ring substituents is 1. The number of nitro benzene ring substituents is 1. The van der Waals surface area contributed by atoms with Gasteiger partial charge in [-0.15, -0.1) is 4.68 Å². The van der Waals surface area contributed by atoms with E-state index in [0.29, 0.717) is 0 Å². The molecule has 0 radical (unpaired) electrons. The molecule has 0 bridgehead atoms. The minimum atomic E-state index is -0.382. The van der Waals surface area contributed by atoms with Crippen LogP contribution in [0.15, 0.2) is 24.4 Å². The Hall–Kier alpha value is -1.91. The van der Waals surface area contributed by atoms with Gasteiger partial charge in [0.25, 0.3) is 5.69 Å². The summed E-state index contributed by atoms with van der Waals surface area (Å²) in [6, 6.07) is 4.85. The van der Waals surface area contributed by atoms with Crippen LogP contribution < -0.4 is 4.68 Å². The van der Waals surface area contributed by atoms with Gasteiger partial charge in [0.05, 0.1) is 17.4 Å².